The van der Waals surface area contributed by atoms with Gasteiger partial charge in [0.05, 0.1) is 6.04 Å². The van der Waals surface area contributed by atoms with Gasteiger partial charge in [0.15, 0.2) is 0 Å². The van der Waals surface area contributed by atoms with E-state index in [4.69, 9.17) is 5.73 Å². The third-order valence-electron chi connectivity index (χ3n) is 3.01. The number of nitrogens with two attached hydrogens (primary N) is 1. The van der Waals surface area contributed by atoms with Crippen molar-refractivity contribution in [3.8, 4) is 0 Å². The maximum absolute atomic E-state index is 14.0. The fraction of sp³-hybridized carbons (Fsp3) is 0.267. The molecule has 2 rings (SSSR count). The number of hydrogen-bond acceptors (Lipinski definition) is 3. The van der Waals surface area contributed by atoms with E-state index in [0.717, 1.165) is 18.5 Å². The minimum Gasteiger partial charge on any atom is -0.398 e. The van der Waals surface area contributed by atoms with Crippen molar-refractivity contribution in [2.45, 2.75) is 19.4 Å². The van der Waals surface area contributed by atoms with Gasteiger partial charge < -0.3 is 11.1 Å². The van der Waals surface area contributed by atoms with Gasteiger partial charge in [-0.1, -0.05) is 25.1 Å². The number of halogens is 1. The standard InChI is InChI=1S/C15H18FN3/c1-2-8-19-15(11-5-3-4-6-13(11)16)12-10-18-9-7-14(12)17/h3-7,9-10,15,19H,2,8H2,1H3,(H2,17,18). The largest absolute Gasteiger partial charge is 0.398 e. The highest BCUT2D eigenvalue weighted by molar-refractivity contribution is 5.49. The van der Waals surface area contributed by atoms with Crippen LogP contribution in [0.5, 0.6) is 0 Å². The minimum absolute atomic E-state index is 0.237. The van der Waals surface area contributed by atoms with Gasteiger partial charge in [-0.25, -0.2) is 4.39 Å². The summed E-state index contributed by atoms with van der Waals surface area (Å²) in [6.07, 6.45) is 4.29. The number of aromatic nitrogens is 1. The van der Waals surface area contributed by atoms with Crippen LogP contribution in [0.3, 0.4) is 0 Å². The molecule has 1 unspecified atom stereocenters. The van der Waals surface area contributed by atoms with E-state index < -0.39 is 0 Å². The molecule has 0 bridgehead atoms. The fourth-order valence-corrected chi connectivity index (χ4v) is 2.04. The Labute approximate surface area is 112 Å². The van der Waals surface area contributed by atoms with Crippen LogP contribution < -0.4 is 11.1 Å². The molecule has 0 aliphatic carbocycles. The van der Waals surface area contributed by atoms with E-state index in [-0.39, 0.29) is 11.9 Å². The molecule has 0 amide bonds. The maximum Gasteiger partial charge on any atom is 0.128 e. The molecule has 19 heavy (non-hydrogen) atoms. The number of pyridine rings is 1. The van der Waals surface area contributed by atoms with Crippen LogP contribution in [-0.4, -0.2) is 11.5 Å². The van der Waals surface area contributed by atoms with E-state index in [1.54, 1.807) is 30.6 Å². The maximum atomic E-state index is 14.0. The van der Waals surface area contributed by atoms with Crippen LogP contribution in [0.1, 0.15) is 30.5 Å². The summed E-state index contributed by atoms with van der Waals surface area (Å²) in [5, 5.41) is 3.32. The van der Waals surface area contributed by atoms with Gasteiger partial charge in [-0.05, 0) is 25.1 Å². The van der Waals surface area contributed by atoms with Crippen LogP contribution >= 0.6 is 0 Å². The Balaban J connectivity index is 2.42. The van der Waals surface area contributed by atoms with Crippen molar-refractivity contribution in [2.75, 3.05) is 12.3 Å². The lowest BCUT2D eigenvalue weighted by molar-refractivity contribution is 0.547. The Kier molecular flexibility index (Phi) is 4.47. The molecule has 0 aliphatic heterocycles. The minimum atomic E-state index is -0.269. The van der Waals surface area contributed by atoms with Crippen molar-refractivity contribution in [1.29, 1.82) is 0 Å². The third kappa shape index (κ3) is 3.09. The highest BCUT2D eigenvalue weighted by Gasteiger charge is 2.19. The van der Waals surface area contributed by atoms with Crippen LogP contribution in [0.25, 0.3) is 0 Å². The van der Waals surface area contributed by atoms with Crippen molar-refractivity contribution in [3.05, 3.63) is 59.7 Å². The summed E-state index contributed by atoms with van der Waals surface area (Å²) in [5.41, 5.74) is 8.00. The molecular weight excluding hydrogens is 241 g/mol. The molecule has 1 aromatic heterocycles. The van der Waals surface area contributed by atoms with Gasteiger partial charge in [0.1, 0.15) is 5.82 Å². The molecule has 2 aromatic rings. The van der Waals surface area contributed by atoms with Crippen LogP contribution in [0.15, 0.2) is 42.7 Å². The molecule has 3 N–H and O–H groups in total. The first-order valence-corrected chi connectivity index (χ1v) is 6.41. The lowest BCUT2D eigenvalue weighted by atomic mass is 9.98. The Morgan fingerprint density at radius 3 is 2.74 bits per heavy atom. The molecule has 3 nitrogen and oxygen atoms in total. The second-order valence-corrected chi connectivity index (χ2v) is 4.41. The number of benzene rings is 1. The van der Waals surface area contributed by atoms with E-state index in [1.165, 1.54) is 6.07 Å². The molecule has 4 heteroatoms. The summed E-state index contributed by atoms with van der Waals surface area (Å²) >= 11 is 0. The zero-order chi connectivity index (χ0) is 13.7. The van der Waals surface area contributed by atoms with E-state index in [2.05, 4.69) is 17.2 Å². The average molecular weight is 259 g/mol. The topological polar surface area (TPSA) is 50.9 Å². The smallest absolute Gasteiger partial charge is 0.128 e. The van der Waals surface area contributed by atoms with Crippen molar-refractivity contribution >= 4 is 5.69 Å². The summed E-state index contributed by atoms with van der Waals surface area (Å²) in [5.74, 6) is -0.237. The van der Waals surface area contributed by atoms with Crippen LogP contribution in [-0.2, 0) is 0 Å². The zero-order valence-electron chi connectivity index (χ0n) is 10.9. The Morgan fingerprint density at radius 1 is 1.26 bits per heavy atom. The van der Waals surface area contributed by atoms with Gasteiger partial charge in [-0.2, -0.15) is 0 Å². The molecule has 0 saturated carbocycles. The summed E-state index contributed by atoms with van der Waals surface area (Å²) in [6, 6.07) is 8.21. The van der Waals surface area contributed by atoms with Gasteiger partial charge >= 0.3 is 0 Å². The van der Waals surface area contributed by atoms with E-state index in [1.807, 2.05) is 6.07 Å². The first kappa shape index (κ1) is 13.5. The summed E-state index contributed by atoms with van der Waals surface area (Å²) in [6.45, 7) is 2.85. The predicted octanol–water partition coefficient (Wildman–Crippen LogP) is 2.89. The fourth-order valence-electron chi connectivity index (χ4n) is 2.04. The molecular formula is C15H18FN3. The second-order valence-electron chi connectivity index (χ2n) is 4.41. The molecule has 0 fully saturated rings. The summed E-state index contributed by atoms with van der Waals surface area (Å²) in [7, 11) is 0. The number of nitrogens with one attached hydrogen (secondary N) is 1. The molecule has 0 spiro atoms. The van der Waals surface area contributed by atoms with Crippen molar-refractivity contribution in [2.24, 2.45) is 0 Å². The van der Waals surface area contributed by atoms with Crippen molar-refractivity contribution in [1.82, 2.24) is 10.3 Å². The predicted molar refractivity (Wildman–Crippen MR) is 75.2 cm³/mol. The van der Waals surface area contributed by atoms with Crippen LogP contribution in [0.2, 0.25) is 0 Å². The first-order chi connectivity index (χ1) is 9.24. The van der Waals surface area contributed by atoms with E-state index in [9.17, 15) is 4.39 Å². The molecule has 0 aliphatic rings. The molecule has 0 saturated heterocycles. The molecule has 0 radical (unpaired) electrons. The SMILES string of the molecule is CCCNC(c1cnccc1N)c1ccccc1F. The molecule has 1 atom stereocenters. The average Bonchev–Trinajstić information content (AvgIpc) is 2.42. The number of nitrogens with zero attached hydrogens (tertiary/aromatic N) is 1. The lowest BCUT2D eigenvalue weighted by Gasteiger charge is -2.21. The number of rotatable bonds is 5. The van der Waals surface area contributed by atoms with Gasteiger partial charge in [0.25, 0.3) is 0 Å². The highest BCUT2D eigenvalue weighted by atomic mass is 19.1. The number of anilines is 1. The Bertz CT molecular complexity index is 497. The second kappa shape index (κ2) is 6.29. The van der Waals surface area contributed by atoms with Crippen molar-refractivity contribution < 1.29 is 4.39 Å². The van der Waals surface area contributed by atoms with Gasteiger partial charge in [0, 0.05) is 29.2 Å². The van der Waals surface area contributed by atoms with Crippen LogP contribution in [0.4, 0.5) is 10.1 Å². The first-order valence-electron chi connectivity index (χ1n) is 6.41. The summed E-state index contributed by atoms with van der Waals surface area (Å²) in [4.78, 5) is 4.09. The van der Waals surface area contributed by atoms with Crippen molar-refractivity contribution in [3.63, 3.8) is 0 Å². The normalized spacial score (nSPS) is 12.3. The van der Waals surface area contributed by atoms with Gasteiger partial charge in [-0.15, -0.1) is 0 Å². The quantitative estimate of drug-likeness (QED) is 0.868. The highest BCUT2D eigenvalue weighted by Crippen LogP contribution is 2.27. The monoisotopic (exact) mass is 259 g/mol. The third-order valence-corrected chi connectivity index (χ3v) is 3.01. The van der Waals surface area contributed by atoms with Gasteiger partial charge in [0.2, 0.25) is 0 Å². The molecule has 1 heterocycles. The number of nitrogen functional groups attached to an aromatic ring is 1. The van der Waals surface area contributed by atoms with E-state index >= 15 is 0 Å². The Morgan fingerprint density at radius 2 is 2.05 bits per heavy atom. The van der Waals surface area contributed by atoms with Crippen LogP contribution in [0, 0.1) is 5.82 Å². The van der Waals surface area contributed by atoms with E-state index in [0.29, 0.717) is 11.3 Å². The Hall–Kier alpha value is -1.94. The molecule has 1 aromatic carbocycles. The molecule has 100 valence electrons. The zero-order valence-corrected chi connectivity index (χ0v) is 10.9. The lowest BCUT2D eigenvalue weighted by Crippen LogP contribution is -2.25. The summed E-state index contributed by atoms with van der Waals surface area (Å²) < 4.78 is 14.0. The van der Waals surface area contributed by atoms with Gasteiger partial charge in [-0.3, -0.25) is 4.98 Å². The number of hydrogen-bond donors (Lipinski definition) is 2.